The number of carbonyl (C=O) groups is 3. The maximum atomic E-state index is 13.7. The van der Waals surface area contributed by atoms with Gasteiger partial charge in [0.1, 0.15) is 23.6 Å². The minimum absolute atomic E-state index is 0.0193. The fourth-order valence-corrected chi connectivity index (χ4v) is 5.50. The topological polar surface area (TPSA) is 130 Å². The van der Waals surface area contributed by atoms with E-state index in [9.17, 15) is 27.6 Å². The van der Waals surface area contributed by atoms with Gasteiger partial charge in [0.15, 0.2) is 0 Å². The Morgan fingerprint density at radius 1 is 1.18 bits per heavy atom. The van der Waals surface area contributed by atoms with Crippen LogP contribution in [0.25, 0.3) is 0 Å². The number of anilines is 1. The molecule has 2 aromatic rings. The van der Waals surface area contributed by atoms with Gasteiger partial charge < -0.3 is 25.6 Å². The van der Waals surface area contributed by atoms with E-state index in [-0.39, 0.29) is 18.3 Å². The van der Waals surface area contributed by atoms with Crippen molar-refractivity contribution in [2.24, 2.45) is 24.8 Å². The lowest BCUT2D eigenvalue weighted by molar-refractivity contribution is -0.150. The summed E-state index contributed by atoms with van der Waals surface area (Å²) in [6.07, 6.45) is 2.31. The molecule has 0 unspecified atom stereocenters. The largest absolute Gasteiger partial charge is 0.410 e. The highest BCUT2D eigenvalue weighted by atomic mass is 19.4. The van der Waals surface area contributed by atoms with Crippen molar-refractivity contribution < 1.29 is 32.3 Å². The van der Waals surface area contributed by atoms with E-state index in [0.717, 1.165) is 30.6 Å². The van der Waals surface area contributed by atoms with E-state index in [1.54, 1.807) is 19.2 Å². The van der Waals surface area contributed by atoms with E-state index in [4.69, 9.17) is 4.74 Å². The smallest absolute Gasteiger partial charge is 0.382 e. The zero-order valence-electron chi connectivity index (χ0n) is 22.1. The van der Waals surface area contributed by atoms with E-state index in [2.05, 4.69) is 20.7 Å². The standard InChI is InChI=1S/C26H32F3N7O4/c1-35-17(8-10-31-35)23(37)34-22(21(14-3-4-14)15-5-6-15)24(38)33-20-11-16(7-9-30-20)18(13-40-2)36-12-19(26(27,28)29)32-25(36)39/h7-11,14-15,18-19,21-22H,3-6,12-13H2,1-2H3,(H,32,39)(H,34,37)(H,30,33,38)/t18-,19+,22+/m1/s1. The number of pyridine rings is 1. The number of nitrogens with zero attached hydrogens (tertiary/aromatic N) is 4. The van der Waals surface area contributed by atoms with E-state index in [1.165, 1.54) is 30.3 Å². The molecule has 2 aromatic heterocycles. The first-order valence-electron chi connectivity index (χ1n) is 13.2. The number of halogens is 3. The monoisotopic (exact) mass is 563 g/mol. The molecule has 11 nitrogen and oxygen atoms in total. The van der Waals surface area contributed by atoms with E-state index in [1.807, 2.05) is 5.32 Å². The first kappa shape index (κ1) is 27.9. The van der Waals surface area contributed by atoms with Gasteiger partial charge in [0.25, 0.3) is 5.91 Å². The number of hydrogen-bond acceptors (Lipinski definition) is 6. The van der Waals surface area contributed by atoms with Crippen LogP contribution in [0.5, 0.6) is 0 Å². The van der Waals surface area contributed by atoms with Gasteiger partial charge in [-0.05, 0) is 67.2 Å². The molecule has 216 valence electrons. The van der Waals surface area contributed by atoms with Gasteiger partial charge in [-0.3, -0.25) is 14.3 Å². The quantitative estimate of drug-likeness (QED) is 0.386. The van der Waals surface area contributed by atoms with Gasteiger partial charge in [-0.2, -0.15) is 18.3 Å². The molecule has 2 aliphatic carbocycles. The molecular formula is C26H32F3N7O4. The Morgan fingerprint density at radius 2 is 1.88 bits per heavy atom. The second-order valence-corrected chi connectivity index (χ2v) is 10.7. The van der Waals surface area contributed by atoms with Crippen LogP contribution in [0.4, 0.5) is 23.8 Å². The van der Waals surface area contributed by atoms with Crippen LogP contribution >= 0.6 is 0 Å². The number of methoxy groups -OCH3 is 1. The maximum Gasteiger partial charge on any atom is 0.410 e. The van der Waals surface area contributed by atoms with Gasteiger partial charge in [0.2, 0.25) is 5.91 Å². The van der Waals surface area contributed by atoms with Crippen LogP contribution in [0.3, 0.4) is 0 Å². The number of nitrogens with one attached hydrogen (secondary N) is 3. The predicted molar refractivity (Wildman–Crippen MR) is 136 cm³/mol. The molecule has 3 N–H and O–H groups in total. The summed E-state index contributed by atoms with van der Waals surface area (Å²) >= 11 is 0. The number of aromatic nitrogens is 3. The molecule has 0 spiro atoms. The van der Waals surface area contributed by atoms with Crippen molar-refractivity contribution in [2.45, 2.75) is 50.0 Å². The van der Waals surface area contributed by atoms with Gasteiger partial charge in [-0.15, -0.1) is 0 Å². The van der Waals surface area contributed by atoms with Crippen LogP contribution in [-0.4, -0.2) is 76.0 Å². The lowest BCUT2D eigenvalue weighted by Gasteiger charge is -2.28. The fraction of sp³-hybridized carbons (Fsp3) is 0.577. The third-order valence-electron chi connectivity index (χ3n) is 7.79. The average Bonchev–Trinajstić information content (AvgIpc) is 3.83. The summed E-state index contributed by atoms with van der Waals surface area (Å²) in [5.74, 6) is -0.0164. The highest BCUT2D eigenvalue weighted by Crippen LogP contribution is 2.51. The molecule has 0 radical (unpaired) electrons. The van der Waals surface area contributed by atoms with Gasteiger partial charge in [-0.1, -0.05) is 0 Å². The highest BCUT2D eigenvalue weighted by molar-refractivity contribution is 6.00. The van der Waals surface area contributed by atoms with Crippen LogP contribution in [-0.2, 0) is 16.6 Å². The molecule has 3 aliphatic rings. The van der Waals surface area contributed by atoms with Crippen LogP contribution < -0.4 is 16.0 Å². The predicted octanol–water partition coefficient (Wildman–Crippen LogP) is 2.63. The van der Waals surface area contributed by atoms with Crippen molar-refractivity contribution in [1.82, 2.24) is 30.3 Å². The zero-order chi connectivity index (χ0) is 28.6. The van der Waals surface area contributed by atoms with Crippen molar-refractivity contribution >= 4 is 23.7 Å². The third-order valence-corrected chi connectivity index (χ3v) is 7.79. The second-order valence-electron chi connectivity index (χ2n) is 10.7. The molecule has 1 aliphatic heterocycles. The zero-order valence-corrected chi connectivity index (χ0v) is 22.1. The number of hydrogen-bond donors (Lipinski definition) is 3. The van der Waals surface area contributed by atoms with Crippen LogP contribution in [0, 0.1) is 17.8 Å². The lowest BCUT2D eigenvalue weighted by Crippen LogP contribution is -2.50. The van der Waals surface area contributed by atoms with Gasteiger partial charge in [0.05, 0.1) is 19.2 Å². The van der Waals surface area contributed by atoms with Gasteiger partial charge in [0, 0.05) is 26.6 Å². The second kappa shape index (κ2) is 11.1. The SMILES string of the molecule is COC[C@H](c1ccnc(NC(=O)[C@@H](NC(=O)c2ccnn2C)C(C2CC2)C2CC2)c1)N1C[C@@H](C(F)(F)F)NC1=O. The van der Waals surface area contributed by atoms with Crippen LogP contribution in [0.2, 0.25) is 0 Å². The molecule has 1 saturated heterocycles. The van der Waals surface area contributed by atoms with Crippen molar-refractivity contribution in [3.05, 3.63) is 41.9 Å². The molecule has 2 saturated carbocycles. The summed E-state index contributed by atoms with van der Waals surface area (Å²) in [4.78, 5) is 44.5. The van der Waals surface area contributed by atoms with E-state index >= 15 is 0 Å². The molecule has 3 fully saturated rings. The third kappa shape index (κ3) is 6.06. The van der Waals surface area contributed by atoms with Crippen LogP contribution in [0.1, 0.15) is 47.8 Å². The first-order valence-corrected chi connectivity index (χ1v) is 13.2. The Balaban J connectivity index is 1.36. The van der Waals surface area contributed by atoms with Gasteiger partial charge >= 0.3 is 12.2 Å². The number of rotatable bonds is 11. The fourth-order valence-electron chi connectivity index (χ4n) is 5.50. The molecule has 3 atom stereocenters. The minimum atomic E-state index is -4.59. The maximum absolute atomic E-state index is 13.7. The summed E-state index contributed by atoms with van der Waals surface area (Å²) in [5, 5.41) is 11.7. The molecule has 0 bridgehead atoms. The number of alkyl halides is 3. The van der Waals surface area contributed by atoms with Crippen LogP contribution in [0.15, 0.2) is 30.6 Å². The Bertz CT molecular complexity index is 1250. The molecule has 5 rings (SSSR count). The molecule has 40 heavy (non-hydrogen) atoms. The molecule has 4 amide bonds. The summed E-state index contributed by atoms with van der Waals surface area (Å²) in [5.41, 5.74) is 0.772. The molecule has 14 heteroatoms. The summed E-state index contributed by atoms with van der Waals surface area (Å²) < 4.78 is 46.5. The molecule has 3 heterocycles. The Morgan fingerprint density at radius 3 is 2.42 bits per heavy atom. The van der Waals surface area contributed by atoms with Crippen molar-refractivity contribution in [3.8, 4) is 0 Å². The van der Waals surface area contributed by atoms with E-state index in [0.29, 0.717) is 23.1 Å². The average molecular weight is 564 g/mol. The summed E-state index contributed by atoms with van der Waals surface area (Å²) in [7, 11) is 3.03. The number of ether oxygens (including phenoxy) is 1. The summed E-state index contributed by atoms with van der Waals surface area (Å²) in [6.45, 7) is -0.642. The highest BCUT2D eigenvalue weighted by Gasteiger charge is 2.50. The summed E-state index contributed by atoms with van der Waals surface area (Å²) in [6, 6.07) is 0.145. The van der Waals surface area contributed by atoms with Crippen molar-refractivity contribution in [2.75, 3.05) is 25.6 Å². The number of carbonyl (C=O) groups excluding carboxylic acids is 3. The molecule has 0 aromatic carbocycles. The van der Waals surface area contributed by atoms with Crippen molar-refractivity contribution in [3.63, 3.8) is 0 Å². The minimum Gasteiger partial charge on any atom is -0.382 e. The Kier molecular flexibility index (Phi) is 7.71. The Hall–Kier alpha value is -3.68. The lowest BCUT2D eigenvalue weighted by atomic mass is 9.88. The van der Waals surface area contributed by atoms with E-state index < -0.39 is 48.7 Å². The van der Waals surface area contributed by atoms with Crippen molar-refractivity contribution in [1.29, 1.82) is 0 Å². The first-order chi connectivity index (χ1) is 19.1. The Labute approximate surface area is 228 Å². The normalized spacial score (nSPS) is 20.8. The number of amides is 4. The van der Waals surface area contributed by atoms with Gasteiger partial charge in [-0.25, -0.2) is 9.78 Å². The number of aryl methyl sites for hydroxylation is 1. The number of urea groups is 1. The molecular weight excluding hydrogens is 531 g/mol.